The molecule has 0 saturated carbocycles. The van der Waals surface area contributed by atoms with Gasteiger partial charge in [-0.2, -0.15) is 0 Å². The van der Waals surface area contributed by atoms with Crippen LogP contribution in [0.15, 0.2) is 42.6 Å². The number of thiocarbonyl (C=S) groups is 1. The average Bonchev–Trinajstić information content (AvgIpc) is 2.47. The Labute approximate surface area is 118 Å². The highest BCUT2D eigenvalue weighted by Crippen LogP contribution is 2.32. The summed E-state index contributed by atoms with van der Waals surface area (Å²) in [5.74, 6) is 0.914. The Bertz CT molecular complexity index is 624. The van der Waals surface area contributed by atoms with Gasteiger partial charge in [0.15, 0.2) is 0 Å². The fourth-order valence-electron chi connectivity index (χ4n) is 2.49. The van der Waals surface area contributed by atoms with Crippen molar-refractivity contribution in [2.45, 2.75) is 12.8 Å². The molecule has 0 unspecified atom stereocenters. The Balaban J connectivity index is 2.04. The summed E-state index contributed by atoms with van der Waals surface area (Å²) < 4.78 is 0. The number of aromatic nitrogens is 1. The molecule has 0 spiro atoms. The third kappa shape index (κ3) is 2.31. The van der Waals surface area contributed by atoms with Crippen molar-refractivity contribution in [3.8, 4) is 0 Å². The molecule has 3 nitrogen and oxygen atoms in total. The third-order valence-electron chi connectivity index (χ3n) is 3.42. The zero-order chi connectivity index (χ0) is 13.2. The molecule has 0 bridgehead atoms. The first-order valence-corrected chi connectivity index (χ1v) is 6.78. The average molecular weight is 269 g/mol. The molecule has 0 aliphatic carbocycles. The first-order chi connectivity index (χ1) is 9.25. The van der Waals surface area contributed by atoms with Crippen molar-refractivity contribution < 1.29 is 0 Å². The normalized spacial score (nSPS) is 14.0. The number of aryl methyl sites for hydroxylation is 1. The van der Waals surface area contributed by atoms with Crippen molar-refractivity contribution in [3.63, 3.8) is 0 Å². The van der Waals surface area contributed by atoms with Gasteiger partial charge in [-0.3, -0.25) is 0 Å². The first-order valence-electron chi connectivity index (χ1n) is 6.37. The van der Waals surface area contributed by atoms with Crippen LogP contribution in [-0.2, 0) is 6.42 Å². The number of hydrogen-bond donors (Lipinski definition) is 1. The maximum absolute atomic E-state index is 5.69. The summed E-state index contributed by atoms with van der Waals surface area (Å²) in [7, 11) is 0. The fourth-order valence-corrected chi connectivity index (χ4v) is 2.62. The minimum Gasteiger partial charge on any atom is -0.389 e. The number of fused-ring (bicyclic) bond motifs is 1. The van der Waals surface area contributed by atoms with Crippen LogP contribution >= 0.6 is 12.2 Å². The molecule has 0 saturated heterocycles. The van der Waals surface area contributed by atoms with Gasteiger partial charge in [0.2, 0.25) is 0 Å². The SMILES string of the molecule is NC(=S)c1ccnc(N2CCCc3ccccc32)c1. The number of para-hydroxylation sites is 1. The van der Waals surface area contributed by atoms with Crippen molar-refractivity contribution in [1.29, 1.82) is 0 Å². The monoisotopic (exact) mass is 269 g/mol. The molecular weight excluding hydrogens is 254 g/mol. The van der Waals surface area contributed by atoms with Gasteiger partial charge >= 0.3 is 0 Å². The van der Waals surface area contributed by atoms with E-state index in [9.17, 15) is 0 Å². The molecule has 0 fully saturated rings. The van der Waals surface area contributed by atoms with Crippen molar-refractivity contribution in [1.82, 2.24) is 4.98 Å². The number of nitrogens with two attached hydrogens (primary N) is 1. The number of rotatable bonds is 2. The van der Waals surface area contributed by atoms with Crippen LogP contribution in [-0.4, -0.2) is 16.5 Å². The molecule has 2 N–H and O–H groups in total. The molecule has 1 aliphatic heterocycles. The quantitative estimate of drug-likeness (QED) is 0.851. The van der Waals surface area contributed by atoms with E-state index in [1.807, 2.05) is 12.1 Å². The molecule has 2 aromatic rings. The molecular formula is C15H15N3S. The van der Waals surface area contributed by atoms with E-state index in [4.69, 9.17) is 18.0 Å². The number of anilines is 2. The van der Waals surface area contributed by atoms with Gasteiger partial charge in [-0.05, 0) is 36.6 Å². The molecule has 19 heavy (non-hydrogen) atoms. The van der Waals surface area contributed by atoms with E-state index in [2.05, 4.69) is 34.1 Å². The molecule has 0 amide bonds. The molecule has 0 atom stereocenters. The van der Waals surface area contributed by atoms with Crippen molar-refractivity contribution in [2.24, 2.45) is 5.73 Å². The van der Waals surface area contributed by atoms with Crippen LogP contribution in [0.2, 0.25) is 0 Å². The lowest BCUT2D eigenvalue weighted by atomic mass is 10.0. The van der Waals surface area contributed by atoms with E-state index in [1.54, 1.807) is 6.20 Å². The van der Waals surface area contributed by atoms with Crippen LogP contribution in [0.25, 0.3) is 0 Å². The van der Waals surface area contributed by atoms with E-state index in [1.165, 1.54) is 11.3 Å². The zero-order valence-electron chi connectivity index (χ0n) is 10.5. The van der Waals surface area contributed by atoms with Gasteiger partial charge in [-0.1, -0.05) is 30.4 Å². The largest absolute Gasteiger partial charge is 0.389 e. The maximum atomic E-state index is 5.69. The van der Waals surface area contributed by atoms with Crippen LogP contribution in [0.3, 0.4) is 0 Å². The second-order valence-electron chi connectivity index (χ2n) is 4.65. The highest BCUT2D eigenvalue weighted by molar-refractivity contribution is 7.80. The highest BCUT2D eigenvalue weighted by Gasteiger charge is 2.18. The van der Waals surface area contributed by atoms with Crippen molar-refractivity contribution in [2.75, 3.05) is 11.4 Å². The number of benzene rings is 1. The molecule has 96 valence electrons. The first kappa shape index (κ1) is 12.1. The van der Waals surface area contributed by atoms with E-state index in [-0.39, 0.29) is 0 Å². The number of nitrogens with zero attached hydrogens (tertiary/aromatic N) is 2. The molecule has 1 aliphatic rings. The topological polar surface area (TPSA) is 42.1 Å². The van der Waals surface area contributed by atoms with Crippen LogP contribution in [0.4, 0.5) is 11.5 Å². The molecule has 1 aromatic heterocycles. The Morgan fingerprint density at radius 2 is 2.11 bits per heavy atom. The summed E-state index contributed by atoms with van der Waals surface area (Å²) >= 11 is 5.03. The second kappa shape index (κ2) is 4.97. The lowest BCUT2D eigenvalue weighted by Gasteiger charge is -2.30. The lowest BCUT2D eigenvalue weighted by molar-refractivity contribution is 0.759. The summed E-state index contributed by atoms with van der Waals surface area (Å²) in [5, 5.41) is 0. The van der Waals surface area contributed by atoms with Crippen LogP contribution in [0.1, 0.15) is 17.5 Å². The Morgan fingerprint density at radius 1 is 1.26 bits per heavy atom. The van der Waals surface area contributed by atoms with Gasteiger partial charge in [-0.15, -0.1) is 0 Å². The summed E-state index contributed by atoms with van der Waals surface area (Å²) in [4.78, 5) is 7.10. The van der Waals surface area contributed by atoms with Gasteiger partial charge in [0.25, 0.3) is 0 Å². The molecule has 3 rings (SSSR count). The van der Waals surface area contributed by atoms with Gasteiger partial charge in [-0.25, -0.2) is 4.98 Å². The Morgan fingerprint density at radius 3 is 2.95 bits per heavy atom. The van der Waals surface area contributed by atoms with E-state index in [0.29, 0.717) is 4.99 Å². The Hall–Kier alpha value is -1.94. The molecule has 2 heterocycles. The van der Waals surface area contributed by atoms with Gasteiger partial charge in [0.05, 0.1) is 0 Å². The number of pyridine rings is 1. The molecule has 0 radical (unpaired) electrons. The summed E-state index contributed by atoms with van der Waals surface area (Å²) in [6.45, 7) is 0.977. The minimum absolute atomic E-state index is 0.411. The third-order valence-corrected chi connectivity index (χ3v) is 3.65. The summed E-state index contributed by atoms with van der Waals surface area (Å²) in [5.41, 5.74) is 9.16. The molecule has 4 heteroatoms. The van der Waals surface area contributed by atoms with E-state index in [0.717, 1.165) is 30.8 Å². The number of hydrogen-bond acceptors (Lipinski definition) is 3. The fraction of sp³-hybridized carbons (Fsp3) is 0.200. The van der Waals surface area contributed by atoms with Gasteiger partial charge in [0.1, 0.15) is 10.8 Å². The van der Waals surface area contributed by atoms with E-state index < -0.39 is 0 Å². The lowest BCUT2D eigenvalue weighted by Crippen LogP contribution is -2.25. The highest BCUT2D eigenvalue weighted by atomic mass is 32.1. The van der Waals surface area contributed by atoms with E-state index >= 15 is 0 Å². The van der Waals surface area contributed by atoms with Gasteiger partial charge < -0.3 is 10.6 Å². The van der Waals surface area contributed by atoms with Crippen molar-refractivity contribution in [3.05, 3.63) is 53.7 Å². The maximum Gasteiger partial charge on any atom is 0.133 e. The smallest absolute Gasteiger partial charge is 0.133 e. The zero-order valence-corrected chi connectivity index (χ0v) is 11.4. The van der Waals surface area contributed by atoms with Crippen molar-refractivity contribution >= 4 is 28.7 Å². The standard InChI is InChI=1S/C15H15N3S/c16-15(19)12-7-8-17-14(10-12)18-9-3-5-11-4-1-2-6-13(11)18/h1-2,4,6-8,10H,3,5,9H2,(H2,16,19). The second-order valence-corrected chi connectivity index (χ2v) is 5.09. The minimum atomic E-state index is 0.411. The van der Waals surface area contributed by atoms with Crippen LogP contribution < -0.4 is 10.6 Å². The predicted molar refractivity (Wildman–Crippen MR) is 81.9 cm³/mol. The molecule has 1 aromatic carbocycles. The Kier molecular flexibility index (Phi) is 3.17. The van der Waals surface area contributed by atoms with Crippen LogP contribution in [0, 0.1) is 0 Å². The summed E-state index contributed by atoms with van der Waals surface area (Å²) in [6.07, 6.45) is 4.03. The predicted octanol–water partition coefficient (Wildman–Crippen LogP) is 2.80. The summed E-state index contributed by atoms with van der Waals surface area (Å²) in [6, 6.07) is 12.3. The van der Waals surface area contributed by atoms with Crippen LogP contribution in [0.5, 0.6) is 0 Å². The van der Waals surface area contributed by atoms with Gasteiger partial charge in [0, 0.05) is 24.0 Å².